The number of nitrogens with zero attached hydrogens (tertiary/aromatic N) is 2. The average molecular weight is 198 g/mol. The summed E-state index contributed by atoms with van der Waals surface area (Å²) in [7, 11) is 2.05. The Bertz CT molecular complexity index is 220. The fourth-order valence-corrected chi connectivity index (χ4v) is 1.50. The van der Waals surface area contributed by atoms with E-state index in [9.17, 15) is 9.59 Å². The molecule has 0 radical (unpaired) electrons. The molecule has 80 valence electrons. The van der Waals surface area contributed by atoms with Crippen molar-refractivity contribution in [2.24, 2.45) is 0 Å². The normalized spacial score (nSPS) is 18.3. The molecule has 1 amide bonds. The first-order valence-electron chi connectivity index (χ1n) is 5.05. The van der Waals surface area contributed by atoms with Gasteiger partial charge in [0.2, 0.25) is 5.91 Å². The Morgan fingerprint density at radius 3 is 2.14 bits per heavy atom. The Kier molecular flexibility index (Phi) is 4.07. The lowest BCUT2D eigenvalue weighted by Gasteiger charge is -2.32. The van der Waals surface area contributed by atoms with Gasteiger partial charge in [-0.05, 0) is 14.0 Å². The zero-order chi connectivity index (χ0) is 10.6. The molecule has 1 heterocycles. The molecule has 0 aliphatic carbocycles. The van der Waals surface area contributed by atoms with Gasteiger partial charge in [0.05, 0.1) is 0 Å². The van der Waals surface area contributed by atoms with Crippen LogP contribution in [0.3, 0.4) is 0 Å². The molecule has 0 aromatic rings. The van der Waals surface area contributed by atoms with E-state index in [0.29, 0.717) is 12.8 Å². The minimum Gasteiger partial charge on any atom is -0.340 e. The molecule has 1 aliphatic heterocycles. The standard InChI is InChI=1S/C10H18N2O2/c1-9(13)3-4-10(14)12-7-5-11(2)6-8-12/h3-8H2,1-2H3. The third kappa shape index (κ3) is 3.46. The number of hydrogen-bond acceptors (Lipinski definition) is 3. The van der Waals surface area contributed by atoms with E-state index >= 15 is 0 Å². The lowest BCUT2D eigenvalue weighted by molar-refractivity contribution is -0.134. The second-order valence-electron chi connectivity index (χ2n) is 3.89. The van der Waals surface area contributed by atoms with Crippen LogP contribution in [0.1, 0.15) is 19.8 Å². The van der Waals surface area contributed by atoms with Gasteiger partial charge in [-0.1, -0.05) is 0 Å². The molecule has 1 aliphatic rings. The first kappa shape index (κ1) is 11.2. The van der Waals surface area contributed by atoms with Crippen molar-refractivity contribution in [2.75, 3.05) is 33.2 Å². The summed E-state index contributed by atoms with van der Waals surface area (Å²) in [6, 6.07) is 0. The van der Waals surface area contributed by atoms with Gasteiger partial charge in [0, 0.05) is 39.0 Å². The minimum atomic E-state index is 0.0903. The van der Waals surface area contributed by atoms with Gasteiger partial charge in [-0.15, -0.1) is 0 Å². The van der Waals surface area contributed by atoms with Crippen molar-refractivity contribution < 1.29 is 9.59 Å². The summed E-state index contributed by atoms with van der Waals surface area (Å²) in [4.78, 5) is 26.3. The number of likely N-dealkylation sites (N-methyl/N-ethyl adjacent to an activating group) is 1. The van der Waals surface area contributed by atoms with E-state index in [2.05, 4.69) is 11.9 Å². The van der Waals surface area contributed by atoms with E-state index in [1.54, 1.807) is 0 Å². The molecule has 0 aromatic heterocycles. The summed E-state index contributed by atoms with van der Waals surface area (Å²) in [5.41, 5.74) is 0. The van der Waals surface area contributed by atoms with Crippen molar-refractivity contribution in [1.29, 1.82) is 0 Å². The maximum atomic E-state index is 11.6. The number of ketones is 1. The molecule has 0 saturated carbocycles. The summed E-state index contributed by atoms with van der Waals surface area (Å²) in [5, 5.41) is 0. The van der Waals surface area contributed by atoms with Gasteiger partial charge in [0.15, 0.2) is 0 Å². The fourth-order valence-electron chi connectivity index (χ4n) is 1.50. The van der Waals surface area contributed by atoms with E-state index in [-0.39, 0.29) is 11.7 Å². The first-order chi connectivity index (χ1) is 6.59. The fraction of sp³-hybridized carbons (Fsp3) is 0.800. The van der Waals surface area contributed by atoms with E-state index in [1.807, 2.05) is 4.90 Å². The minimum absolute atomic E-state index is 0.0903. The highest BCUT2D eigenvalue weighted by molar-refractivity contribution is 5.83. The van der Waals surface area contributed by atoms with Gasteiger partial charge < -0.3 is 14.6 Å². The third-order valence-electron chi connectivity index (χ3n) is 2.55. The zero-order valence-electron chi connectivity index (χ0n) is 8.95. The lowest BCUT2D eigenvalue weighted by Crippen LogP contribution is -2.47. The number of amides is 1. The molecule has 0 spiro atoms. The van der Waals surface area contributed by atoms with Crippen LogP contribution in [-0.2, 0) is 9.59 Å². The quantitative estimate of drug-likeness (QED) is 0.647. The third-order valence-corrected chi connectivity index (χ3v) is 2.55. The van der Waals surface area contributed by atoms with Crippen LogP contribution in [0.25, 0.3) is 0 Å². The van der Waals surface area contributed by atoms with Gasteiger partial charge in [0.1, 0.15) is 5.78 Å². The van der Waals surface area contributed by atoms with Crippen LogP contribution in [-0.4, -0.2) is 54.7 Å². The highest BCUT2D eigenvalue weighted by atomic mass is 16.2. The van der Waals surface area contributed by atoms with Crippen LogP contribution in [0.15, 0.2) is 0 Å². The average Bonchev–Trinajstić information content (AvgIpc) is 2.15. The van der Waals surface area contributed by atoms with Crippen molar-refractivity contribution >= 4 is 11.7 Å². The molecule has 0 atom stereocenters. The Balaban J connectivity index is 2.27. The SMILES string of the molecule is CC(=O)CCC(=O)N1CCN(C)CC1. The van der Waals surface area contributed by atoms with Crippen molar-refractivity contribution in [3.63, 3.8) is 0 Å². The van der Waals surface area contributed by atoms with Gasteiger partial charge in [-0.25, -0.2) is 0 Å². The number of carbonyl (C=O) groups excluding carboxylic acids is 2. The van der Waals surface area contributed by atoms with Crippen molar-refractivity contribution in [3.05, 3.63) is 0 Å². The summed E-state index contributed by atoms with van der Waals surface area (Å²) >= 11 is 0. The maximum Gasteiger partial charge on any atom is 0.223 e. The molecule has 14 heavy (non-hydrogen) atoms. The Hall–Kier alpha value is -0.900. The molecule has 1 fully saturated rings. The van der Waals surface area contributed by atoms with Crippen LogP contribution in [0, 0.1) is 0 Å². The lowest BCUT2D eigenvalue weighted by atomic mass is 10.2. The Morgan fingerprint density at radius 2 is 1.64 bits per heavy atom. The van der Waals surface area contributed by atoms with E-state index in [1.165, 1.54) is 6.92 Å². The zero-order valence-corrected chi connectivity index (χ0v) is 8.95. The highest BCUT2D eigenvalue weighted by Crippen LogP contribution is 2.03. The molecule has 1 saturated heterocycles. The summed E-state index contributed by atoms with van der Waals surface area (Å²) in [5.74, 6) is 0.209. The summed E-state index contributed by atoms with van der Waals surface area (Å²) in [6.07, 6.45) is 0.754. The van der Waals surface area contributed by atoms with Gasteiger partial charge in [-0.3, -0.25) is 4.79 Å². The van der Waals surface area contributed by atoms with E-state index < -0.39 is 0 Å². The summed E-state index contributed by atoms with van der Waals surface area (Å²) in [6.45, 7) is 5.00. The molecule has 1 rings (SSSR count). The van der Waals surface area contributed by atoms with E-state index in [0.717, 1.165) is 26.2 Å². The van der Waals surface area contributed by atoms with Crippen LogP contribution < -0.4 is 0 Å². The molecule has 0 N–H and O–H groups in total. The highest BCUT2D eigenvalue weighted by Gasteiger charge is 2.18. The molecule has 4 heteroatoms. The number of Topliss-reactive ketones (excluding diaryl/α,β-unsaturated/α-hetero) is 1. The molecule has 4 nitrogen and oxygen atoms in total. The van der Waals surface area contributed by atoms with E-state index in [4.69, 9.17) is 0 Å². The predicted octanol–water partition coefficient (Wildman–Crippen LogP) is 0.130. The van der Waals surface area contributed by atoms with Crippen molar-refractivity contribution in [3.8, 4) is 0 Å². The van der Waals surface area contributed by atoms with Crippen molar-refractivity contribution in [2.45, 2.75) is 19.8 Å². The van der Waals surface area contributed by atoms with Crippen LogP contribution in [0.2, 0.25) is 0 Å². The number of hydrogen-bond donors (Lipinski definition) is 0. The van der Waals surface area contributed by atoms with Crippen LogP contribution in [0.4, 0.5) is 0 Å². The molecule has 0 aromatic carbocycles. The number of carbonyl (C=O) groups is 2. The van der Waals surface area contributed by atoms with Gasteiger partial charge >= 0.3 is 0 Å². The molecular weight excluding hydrogens is 180 g/mol. The largest absolute Gasteiger partial charge is 0.340 e. The monoisotopic (exact) mass is 198 g/mol. The smallest absolute Gasteiger partial charge is 0.223 e. The molecular formula is C10H18N2O2. The van der Waals surface area contributed by atoms with Crippen LogP contribution in [0.5, 0.6) is 0 Å². The Labute approximate surface area is 84.9 Å². The van der Waals surface area contributed by atoms with Gasteiger partial charge in [0.25, 0.3) is 0 Å². The number of piperazine rings is 1. The predicted molar refractivity (Wildman–Crippen MR) is 54.0 cm³/mol. The van der Waals surface area contributed by atoms with Gasteiger partial charge in [-0.2, -0.15) is 0 Å². The topological polar surface area (TPSA) is 40.6 Å². The number of rotatable bonds is 3. The summed E-state index contributed by atoms with van der Waals surface area (Å²) < 4.78 is 0. The van der Waals surface area contributed by atoms with Crippen LogP contribution >= 0.6 is 0 Å². The molecule has 0 unspecified atom stereocenters. The molecule has 0 bridgehead atoms. The Morgan fingerprint density at radius 1 is 1.07 bits per heavy atom. The van der Waals surface area contributed by atoms with Crippen molar-refractivity contribution in [1.82, 2.24) is 9.80 Å². The maximum absolute atomic E-state index is 11.6. The second kappa shape index (κ2) is 5.10. The second-order valence-corrected chi connectivity index (χ2v) is 3.89. The first-order valence-corrected chi connectivity index (χ1v) is 5.05.